The van der Waals surface area contributed by atoms with Crippen LogP contribution in [0.1, 0.15) is 40.3 Å². The van der Waals surface area contributed by atoms with Gasteiger partial charge in [0.15, 0.2) is 0 Å². The topological polar surface area (TPSA) is 59.8 Å². The van der Waals surface area contributed by atoms with E-state index in [2.05, 4.69) is 46.5 Å². The Labute approximate surface area is 176 Å². The number of aryl methyl sites for hydroxylation is 1. The molecule has 0 fully saturated rings. The molecular weight excluding hydrogens is 372 g/mol. The summed E-state index contributed by atoms with van der Waals surface area (Å²) in [4.78, 5) is 21.6. The van der Waals surface area contributed by atoms with Crippen molar-refractivity contribution >= 4 is 5.91 Å². The van der Waals surface area contributed by atoms with E-state index in [0.29, 0.717) is 12.2 Å². The van der Waals surface area contributed by atoms with Gasteiger partial charge < -0.3 is 9.88 Å². The molecule has 3 aromatic heterocycles. The van der Waals surface area contributed by atoms with Crippen molar-refractivity contribution in [2.75, 3.05) is 0 Å². The van der Waals surface area contributed by atoms with Crippen LogP contribution >= 0.6 is 0 Å². The van der Waals surface area contributed by atoms with Crippen molar-refractivity contribution in [3.8, 4) is 11.1 Å². The minimum absolute atomic E-state index is 0.124. The summed E-state index contributed by atoms with van der Waals surface area (Å²) >= 11 is 0. The maximum Gasteiger partial charge on any atom is 0.268 e. The van der Waals surface area contributed by atoms with Crippen LogP contribution in [-0.2, 0) is 6.54 Å². The second-order valence-corrected chi connectivity index (χ2v) is 7.41. The lowest BCUT2D eigenvalue weighted by Crippen LogP contribution is -2.29. The van der Waals surface area contributed by atoms with E-state index in [4.69, 9.17) is 0 Å². The van der Waals surface area contributed by atoms with Crippen molar-refractivity contribution in [3.05, 3.63) is 108 Å². The van der Waals surface area contributed by atoms with Crippen LogP contribution in [0.3, 0.4) is 0 Å². The number of nitrogens with zero attached hydrogens (tertiary/aromatic N) is 3. The van der Waals surface area contributed by atoms with Gasteiger partial charge in [-0.1, -0.05) is 35.9 Å². The van der Waals surface area contributed by atoms with Gasteiger partial charge in [-0.2, -0.15) is 0 Å². The van der Waals surface area contributed by atoms with E-state index < -0.39 is 0 Å². The molecule has 30 heavy (non-hydrogen) atoms. The molecule has 4 rings (SSSR count). The van der Waals surface area contributed by atoms with Gasteiger partial charge in [-0.15, -0.1) is 0 Å². The molecular formula is C25H24N4O. The Morgan fingerprint density at radius 3 is 2.47 bits per heavy atom. The number of pyridine rings is 2. The summed E-state index contributed by atoms with van der Waals surface area (Å²) in [5.41, 5.74) is 5.82. The molecule has 150 valence electrons. The maximum atomic E-state index is 13.2. The molecule has 0 saturated heterocycles. The Bertz CT molecular complexity index is 1120. The van der Waals surface area contributed by atoms with Crippen molar-refractivity contribution in [2.45, 2.75) is 26.4 Å². The highest BCUT2D eigenvalue weighted by Crippen LogP contribution is 2.23. The maximum absolute atomic E-state index is 13.2. The zero-order valence-corrected chi connectivity index (χ0v) is 17.1. The number of carbonyl (C=O) groups excluding carboxylic acids is 1. The summed E-state index contributed by atoms with van der Waals surface area (Å²) in [6.07, 6.45) is 7.28. The Hall–Kier alpha value is -3.73. The van der Waals surface area contributed by atoms with Crippen LogP contribution < -0.4 is 5.32 Å². The van der Waals surface area contributed by atoms with Crippen molar-refractivity contribution in [3.63, 3.8) is 0 Å². The Kier molecular flexibility index (Phi) is 5.70. The quantitative estimate of drug-likeness (QED) is 0.510. The number of nitrogens with one attached hydrogen (secondary N) is 1. The van der Waals surface area contributed by atoms with Crippen molar-refractivity contribution in [1.82, 2.24) is 19.9 Å². The fourth-order valence-electron chi connectivity index (χ4n) is 3.40. The normalized spacial score (nSPS) is 11.8. The molecule has 1 amide bonds. The van der Waals surface area contributed by atoms with E-state index >= 15 is 0 Å². The van der Waals surface area contributed by atoms with Gasteiger partial charge in [-0.05, 0) is 55.3 Å². The number of benzene rings is 1. The summed E-state index contributed by atoms with van der Waals surface area (Å²) in [6.45, 7) is 4.63. The van der Waals surface area contributed by atoms with E-state index in [9.17, 15) is 4.79 Å². The molecule has 0 aliphatic rings. The zero-order chi connectivity index (χ0) is 20.9. The summed E-state index contributed by atoms with van der Waals surface area (Å²) in [6, 6.07) is 19.7. The summed E-state index contributed by atoms with van der Waals surface area (Å²) in [5, 5.41) is 3.08. The first-order valence-electron chi connectivity index (χ1n) is 9.98. The van der Waals surface area contributed by atoms with Crippen LogP contribution in [0.5, 0.6) is 0 Å². The van der Waals surface area contributed by atoms with Crippen LogP contribution in [-0.4, -0.2) is 20.4 Å². The third-order valence-electron chi connectivity index (χ3n) is 5.10. The zero-order valence-electron chi connectivity index (χ0n) is 17.1. The number of aromatic nitrogens is 3. The highest BCUT2D eigenvalue weighted by molar-refractivity contribution is 5.94. The highest BCUT2D eigenvalue weighted by atomic mass is 16.2. The SMILES string of the molecule is Cc1ccc(Cn2cc(-c3ccncc3)cc2C(=O)N[C@@H](C)c2ccccn2)cc1. The van der Waals surface area contributed by atoms with E-state index in [1.807, 2.05) is 54.1 Å². The molecule has 0 radical (unpaired) electrons. The highest BCUT2D eigenvalue weighted by Gasteiger charge is 2.18. The fraction of sp³-hybridized carbons (Fsp3) is 0.160. The third kappa shape index (κ3) is 4.46. The smallest absolute Gasteiger partial charge is 0.268 e. The Morgan fingerprint density at radius 2 is 1.77 bits per heavy atom. The third-order valence-corrected chi connectivity index (χ3v) is 5.10. The first-order chi connectivity index (χ1) is 14.6. The van der Waals surface area contributed by atoms with Gasteiger partial charge in [0, 0.05) is 36.9 Å². The molecule has 1 atom stereocenters. The lowest BCUT2D eigenvalue weighted by Gasteiger charge is -2.15. The van der Waals surface area contributed by atoms with Crippen LogP contribution in [0, 0.1) is 6.92 Å². The molecule has 5 nitrogen and oxygen atoms in total. The molecule has 3 heterocycles. The molecule has 0 aliphatic heterocycles. The van der Waals surface area contributed by atoms with Crippen LogP contribution in [0.4, 0.5) is 0 Å². The monoisotopic (exact) mass is 396 g/mol. The lowest BCUT2D eigenvalue weighted by atomic mass is 10.1. The van der Waals surface area contributed by atoms with E-state index in [0.717, 1.165) is 22.4 Å². The summed E-state index contributed by atoms with van der Waals surface area (Å²) in [5.74, 6) is -0.124. The minimum Gasteiger partial charge on any atom is -0.343 e. The molecule has 1 aromatic carbocycles. The van der Waals surface area contributed by atoms with Gasteiger partial charge in [-0.3, -0.25) is 14.8 Å². The molecule has 0 aliphatic carbocycles. The molecule has 4 aromatic rings. The van der Waals surface area contributed by atoms with E-state index in [-0.39, 0.29) is 11.9 Å². The average Bonchev–Trinajstić information content (AvgIpc) is 3.20. The molecule has 0 bridgehead atoms. The van der Waals surface area contributed by atoms with Crippen LogP contribution in [0.15, 0.2) is 85.5 Å². The van der Waals surface area contributed by atoms with Gasteiger partial charge >= 0.3 is 0 Å². The van der Waals surface area contributed by atoms with Gasteiger partial charge in [-0.25, -0.2) is 0 Å². The van der Waals surface area contributed by atoms with Gasteiger partial charge in [0.25, 0.3) is 5.91 Å². The van der Waals surface area contributed by atoms with Crippen molar-refractivity contribution < 1.29 is 4.79 Å². The van der Waals surface area contributed by atoms with E-state index in [1.165, 1.54) is 5.56 Å². The number of hydrogen-bond donors (Lipinski definition) is 1. The fourth-order valence-corrected chi connectivity index (χ4v) is 3.40. The molecule has 0 saturated carbocycles. The minimum atomic E-state index is -0.189. The largest absolute Gasteiger partial charge is 0.343 e. The van der Waals surface area contributed by atoms with Gasteiger partial charge in [0.1, 0.15) is 5.69 Å². The molecule has 0 unspecified atom stereocenters. The first kappa shape index (κ1) is 19.6. The number of hydrogen-bond acceptors (Lipinski definition) is 3. The number of rotatable bonds is 6. The second kappa shape index (κ2) is 8.74. The van der Waals surface area contributed by atoms with Crippen molar-refractivity contribution in [1.29, 1.82) is 0 Å². The molecule has 0 spiro atoms. The summed E-state index contributed by atoms with van der Waals surface area (Å²) in [7, 11) is 0. The van der Waals surface area contributed by atoms with E-state index in [1.54, 1.807) is 18.6 Å². The standard InChI is InChI=1S/C25H24N4O/c1-18-6-8-20(9-7-18)16-29-17-22(21-10-13-26-14-11-21)15-24(29)25(30)28-19(2)23-5-3-4-12-27-23/h3-15,17,19H,16H2,1-2H3,(H,28,30)/t19-/m0/s1. The predicted octanol–water partition coefficient (Wildman–Crippen LogP) is 4.79. The first-order valence-corrected chi connectivity index (χ1v) is 9.98. The molecule has 5 heteroatoms. The number of amides is 1. The van der Waals surface area contributed by atoms with Gasteiger partial charge in [0.2, 0.25) is 0 Å². The van der Waals surface area contributed by atoms with Crippen molar-refractivity contribution in [2.24, 2.45) is 0 Å². The predicted molar refractivity (Wildman–Crippen MR) is 118 cm³/mol. The second-order valence-electron chi connectivity index (χ2n) is 7.41. The van der Waals surface area contributed by atoms with Gasteiger partial charge in [0.05, 0.1) is 11.7 Å². The number of carbonyl (C=O) groups is 1. The average molecular weight is 396 g/mol. The Morgan fingerprint density at radius 1 is 1.00 bits per heavy atom. The van der Waals surface area contributed by atoms with Crippen LogP contribution in [0.25, 0.3) is 11.1 Å². The lowest BCUT2D eigenvalue weighted by molar-refractivity contribution is 0.0930. The molecule has 1 N–H and O–H groups in total. The Balaban J connectivity index is 1.64. The van der Waals surface area contributed by atoms with Crippen LogP contribution in [0.2, 0.25) is 0 Å². The summed E-state index contributed by atoms with van der Waals surface area (Å²) < 4.78 is 2.00.